The Morgan fingerprint density at radius 2 is 1.84 bits per heavy atom. The lowest BCUT2D eigenvalue weighted by atomic mass is 9.51. The van der Waals surface area contributed by atoms with Crippen molar-refractivity contribution < 1.29 is 21.6 Å². The first-order valence-electron chi connectivity index (χ1n) is 13.1. The van der Waals surface area contributed by atoms with E-state index in [1.54, 1.807) is 4.90 Å². The highest BCUT2D eigenvalue weighted by atomic mass is 32.2. The second kappa shape index (κ2) is 9.64. The van der Waals surface area contributed by atoms with Crippen LogP contribution in [0.1, 0.15) is 44.6 Å². The van der Waals surface area contributed by atoms with Crippen LogP contribution in [0.25, 0.3) is 0 Å². The van der Waals surface area contributed by atoms with E-state index in [1.165, 1.54) is 12.3 Å². The van der Waals surface area contributed by atoms with Gasteiger partial charge in [0, 0.05) is 37.9 Å². The summed E-state index contributed by atoms with van der Waals surface area (Å²) in [6, 6.07) is 2.02. The molecule has 1 saturated heterocycles. The van der Waals surface area contributed by atoms with Gasteiger partial charge in [0.25, 0.3) is 0 Å². The molecule has 1 aromatic rings. The number of halogens is 3. The average Bonchev–Trinajstić information content (AvgIpc) is 2.83. The second-order valence-electron chi connectivity index (χ2n) is 11.6. The Bertz CT molecular complexity index is 1190. The van der Waals surface area contributed by atoms with Gasteiger partial charge < -0.3 is 4.90 Å². The molecule has 3 atom stereocenters. The predicted octanol–water partition coefficient (Wildman–Crippen LogP) is 2.87. The topological polar surface area (TPSA) is 116 Å². The number of nitrogens with one attached hydrogen (secondary N) is 2. The number of sulfonamides is 1. The van der Waals surface area contributed by atoms with Crippen LogP contribution >= 0.6 is 0 Å². The first kappa shape index (κ1) is 27.1. The van der Waals surface area contributed by atoms with Crippen molar-refractivity contribution in [3.8, 4) is 6.19 Å². The number of pyridine rings is 1. The van der Waals surface area contributed by atoms with Crippen molar-refractivity contribution in [2.24, 2.45) is 17.8 Å². The summed E-state index contributed by atoms with van der Waals surface area (Å²) in [7, 11) is -3.34. The van der Waals surface area contributed by atoms with Gasteiger partial charge in [0.05, 0.1) is 23.9 Å². The molecule has 0 amide bonds. The lowest BCUT2D eigenvalue weighted by Crippen LogP contribution is -2.67. The number of nitrogens with zero attached hydrogens (tertiary/aromatic N) is 5. The summed E-state index contributed by atoms with van der Waals surface area (Å²) in [6.07, 6.45) is 4.06. The average molecular weight is 554 g/mol. The molecule has 3 unspecified atom stereocenters. The number of piperazine rings is 1. The Morgan fingerprint density at radius 3 is 2.34 bits per heavy atom. The van der Waals surface area contributed by atoms with Gasteiger partial charge in [0.2, 0.25) is 10.0 Å². The zero-order valence-corrected chi connectivity index (χ0v) is 22.4. The Kier molecular flexibility index (Phi) is 6.89. The molecule has 6 rings (SSSR count). The van der Waals surface area contributed by atoms with Gasteiger partial charge in [-0.25, -0.2) is 18.1 Å². The zero-order chi connectivity index (χ0) is 27.5. The van der Waals surface area contributed by atoms with E-state index in [0.717, 1.165) is 31.5 Å². The minimum absolute atomic E-state index is 0.0985. The van der Waals surface area contributed by atoms with Crippen LogP contribution in [0.4, 0.5) is 19.0 Å². The Labute approximate surface area is 221 Å². The van der Waals surface area contributed by atoms with Crippen molar-refractivity contribution in [3.63, 3.8) is 0 Å². The standard InChI is InChI=1S/C25H34F3N7O2S/c1-16(33-5-7-34(8-6-33)21-4-3-20(14-31-21)25(26,27)28)23(30)35(15-29)22-18-9-17-10-19(22)13-24(11-17,12-18)32-38(2,36)37/h3-4,14,16-19,22,30,32H,5-13H2,1-2H3. The van der Waals surface area contributed by atoms with Crippen molar-refractivity contribution in [1.82, 2.24) is 19.5 Å². The molecule has 208 valence electrons. The molecule has 38 heavy (non-hydrogen) atoms. The van der Waals surface area contributed by atoms with Crippen molar-refractivity contribution >= 4 is 21.7 Å². The number of rotatable bonds is 6. The third kappa shape index (κ3) is 5.22. The van der Waals surface area contributed by atoms with Gasteiger partial charge in [0.15, 0.2) is 6.19 Å². The summed E-state index contributed by atoms with van der Waals surface area (Å²) in [5, 5.41) is 19.1. The highest BCUT2D eigenvalue weighted by Crippen LogP contribution is 2.57. The largest absolute Gasteiger partial charge is 0.417 e. The molecule has 5 aliphatic rings. The van der Waals surface area contributed by atoms with Crippen LogP contribution < -0.4 is 9.62 Å². The van der Waals surface area contributed by atoms with Gasteiger partial charge in [-0.05, 0) is 68.9 Å². The normalized spacial score (nSPS) is 32.2. The van der Waals surface area contributed by atoms with E-state index >= 15 is 0 Å². The van der Waals surface area contributed by atoms with E-state index in [9.17, 15) is 26.9 Å². The Hall–Kier alpha value is -2.43. The molecule has 2 N–H and O–H groups in total. The van der Waals surface area contributed by atoms with Crippen LogP contribution in [0.2, 0.25) is 0 Å². The number of nitriles is 1. The maximum absolute atomic E-state index is 12.9. The van der Waals surface area contributed by atoms with Gasteiger partial charge in [0.1, 0.15) is 11.7 Å². The van der Waals surface area contributed by atoms with Crippen LogP contribution in [0.3, 0.4) is 0 Å². The van der Waals surface area contributed by atoms with E-state index in [2.05, 4.69) is 20.8 Å². The monoisotopic (exact) mass is 553 g/mol. The maximum Gasteiger partial charge on any atom is 0.417 e. The quantitative estimate of drug-likeness (QED) is 0.241. The van der Waals surface area contributed by atoms with Crippen LogP contribution in [0, 0.1) is 34.6 Å². The fourth-order valence-corrected chi connectivity index (χ4v) is 8.71. The smallest absolute Gasteiger partial charge is 0.354 e. The minimum Gasteiger partial charge on any atom is -0.354 e. The summed E-state index contributed by atoms with van der Waals surface area (Å²) in [5.74, 6) is 1.49. The highest BCUT2D eigenvalue weighted by Gasteiger charge is 2.58. The number of alkyl halides is 3. The molecule has 5 fully saturated rings. The van der Waals surface area contributed by atoms with Gasteiger partial charge >= 0.3 is 6.18 Å². The molecule has 4 saturated carbocycles. The molecule has 1 aromatic heterocycles. The first-order chi connectivity index (χ1) is 17.8. The molecule has 4 aliphatic carbocycles. The Morgan fingerprint density at radius 1 is 1.21 bits per heavy atom. The second-order valence-corrected chi connectivity index (χ2v) is 13.3. The minimum atomic E-state index is -4.42. The molecule has 13 heteroatoms. The molecule has 4 bridgehead atoms. The number of aromatic nitrogens is 1. The van der Waals surface area contributed by atoms with E-state index in [4.69, 9.17) is 5.41 Å². The van der Waals surface area contributed by atoms with E-state index in [1.807, 2.05) is 11.8 Å². The molecule has 9 nitrogen and oxygen atoms in total. The maximum atomic E-state index is 12.9. The van der Waals surface area contributed by atoms with Gasteiger partial charge in [-0.1, -0.05) is 0 Å². The van der Waals surface area contributed by atoms with Crippen LogP contribution in [0.5, 0.6) is 0 Å². The number of anilines is 1. The van der Waals surface area contributed by atoms with Crippen molar-refractivity contribution in [2.45, 2.75) is 62.8 Å². The van der Waals surface area contributed by atoms with E-state index < -0.39 is 27.3 Å². The molecule has 2 heterocycles. The number of amidine groups is 1. The van der Waals surface area contributed by atoms with Crippen LogP contribution in [0.15, 0.2) is 18.3 Å². The molecular formula is C25H34F3N7O2S. The third-order valence-corrected chi connectivity index (χ3v) is 9.75. The predicted molar refractivity (Wildman–Crippen MR) is 136 cm³/mol. The lowest BCUT2D eigenvalue weighted by Gasteiger charge is -2.61. The van der Waals surface area contributed by atoms with Gasteiger partial charge in [-0.2, -0.15) is 18.4 Å². The summed E-state index contributed by atoms with van der Waals surface area (Å²) in [4.78, 5) is 9.63. The first-order valence-corrected chi connectivity index (χ1v) is 15.0. The SMILES string of the molecule is CC(C(=N)N(C#N)C1C2CC3CC1CC(NS(C)(=O)=O)(C3)C2)N1CCN(c2ccc(C(F)(F)F)cn2)CC1. The molecular weight excluding hydrogens is 519 g/mol. The lowest BCUT2D eigenvalue weighted by molar-refractivity contribution is -0.137. The van der Waals surface area contributed by atoms with Gasteiger partial charge in [-0.3, -0.25) is 15.2 Å². The van der Waals surface area contributed by atoms with E-state index in [0.29, 0.717) is 50.8 Å². The molecule has 0 radical (unpaired) electrons. The fourth-order valence-electron chi connectivity index (χ4n) is 7.67. The zero-order valence-electron chi connectivity index (χ0n) is 21.6. The van der Waals surface area contributed by atoms with Crippen LogP contribution in [-0.4, -0.2) is 79.1 Å². The Balaban J connectivity index is 1.22. The third-order valence-electron chi connectivity index (χ3n) is 8.95. The van der Waals surface area contributed by atoms with Crippen LogP contribution in [-0.2, 0) is 16.2 Å². The highest BCUT2D eigenvalue weighted by molar-refractivity contribution is 7.88. The molecule has 0 spiro atoms. The fraction of sp³-hybridized carbons (Fsp3) is 0.720. The van der Waals surface area contributed by atoms with Crippen molar-refractivity contribution in [3.05, 3.63) is 23.9 Å². The number of hydrogen-bond acceptors (Lipinski definition) is 7. The summed E-state index contributed by atoms with van der Waals surface area (Å²) in [6.45, 7) is 4.21. The summed E-state index contributed by atoms with van der Waals surface area (Å²) < 4.78 is 65.6. The summed E-state index contributed by atoms with van der Waals surface area (Å²) in [5.41, 5.74) is -1.21. The van der Waals surface area contributed by atoms with E-state index in [-0.39, 0.29) is 29.8 Å². The van der Waals surface area contributed by atoms with Crippen molar-refractivity contribution in [1.29, 1.82) is 10.7 Å². The molecule has 0 aromatic carbocycles. The van der Waals surface area contributed by atoms with Crippen molar-refractivity contribution in [2.75, 3.05) is 37.3 Å². The molecule has 1 aliphatic heterocycles. The van der Waals surface area contributed by atoms with Gasteiger partial charge in [-0.15, -0.1) is 0 Å². The summed E-state index contributed by atoms with van der Waals surface area (Å²) >= 11 is 0. The number of hydrogen-bond donors (Lipinski definition) is 2.